The maximum atomic E-state index is 10.4. The van der Waals surface area contributed by atoms with Gasteiger partial charge in [-0.05, 0) is 20.8 Å². The lowest BCUT2D eigenvalue weighted by Gasteiger charge is -2.18. The molecule has 0 spiro atoms. The zero-order valence-corrected chi connectivity index (χ0v) is 6.79. The van der Waals surface area contributed by atoms with Crippen LogP contribution in [0.1, 0.15) is 20.8 Å². The Bertz CT molecular complexity index is 137. The molecule has 0 radical (unpaired) electrons. The van der Waals surface area contributed by atoms with Crippen LogP contribution in [0.4, 0.5) is 4.79 Å². The van der Waals surface area contributed by atoms with E-state index in [0.717, 1.165) is 0 Å². The van der Waals surface area contributed by atoms with Gasteiger partial charge in [0.25, 0.3) is 0 Å². The summed E-state index contributed by atoms with van der Waals surface area (Å²) in [5.41, 5.74) is 1.39. The molecule has 6 nitrogen and oxygen atoms in total. The Hall–Kier alpha value is -1.35. The lowest BCUT2D eigenvalue weighted by atomic mass is 10.2. The van der Waals surface area contributed by atoms with Crippen molar-refractivity contribution in [1.82, 2.24) is 5.43 Å². The van der Waals surface area contributed by atoms with Crippen LogP contribution in [-0.2, 0) is 4.74 Å². The first-order chi connectivity index (χ1) is 4.95. The molecule has 6 heteroatoms. The topological polar surface area (TPSA) is 112 Å². The first-order valence-corrected chi connectivity index (χ1v) is 2.85. The Morgan fingerprint density at radius 2 is 1.82 bits per heavy atom. The lowest BCUT2D eigenvalue weighted by Crippen LogP contribution is -2.36. The summed E-state index contributed by atoms with van der Waals surface area (Å²) in [6.07, 6.45) is -0.609. The summed E-state index contributed by atoms with van der Waals surface area (Å²) in [5.74, 6) is 4.75. The molecule has 3 N–H and O–H groups in total. The maximum absolute atomic E-state index is 10.4. The van der Waals surface area contributed by atoms with E-state index in [1.807, 2.05) is 5.43 Å². The minimum Gasteiger partial charge on any atom is -0.443 e. The van der Waals surface area contributed by atoms with Crippen molar-refractivity contribution in [3.63, 3.8) is 0 Å². The fourth-order valence-corrected chi connectivity index (χ4v) is 0.308. The van der Waals surface area contributed by atoms with E-state index in [0.29, 0.717) is 0 Å². The Labute approximate surface area is 65.1 Å². The van der Waals surface area contributed by atoms with Crippen LogP contribution in [0.25, 0.3) is 0 Å². The quantitative estimate of drug-likeness (QED) is 0.231. The van der Waals surface area contributed by atoms with Gasteiger partial charge in [-0.3, -0.25) is 5.43 Å². The molecule has 0 saturated heterocycles. The number of hydrazine groups is 1. The van der Waals surface area contributed by atoms with E-state index in [1.165, 1.54) is 0 Å². The normalized spacial score (nSPS) is 8.91. The Balaban J connectivity index is 0. The van der Waals surface area contributed by atoms with Crippen molar-refractivity contribution in [3.8, 4) is 0 Å². The van der Waals surface area contributed by atoms with Crippen molar-refractivity contribution in [2.45, 2.75) is 26.4 Å². The van der Waals surface area contributed by atoms with Crippen LogP contribution in [-0.4, -0.2) is 11.7 Å². The van der Waals surface area contributed by atoms with Gasteiger partial charge in [0.1, 0.15) is 5.60 Å². The third kappa shape index (κ3) is 12.0. The van der Waals surface area contributed by atoms with Gasteiger partial charge in [0.2, 0.25) is 0 Å². The van der Waals surface area contributed by atoms with Crippen LogP contribution in [0.5, 0.6) is 0 Å². The number of nitrogens with zero attached hydrogens (tertiary/aromatic N) is 2. The number of carbonyl (C=O) groups excluding carboxylic acids is 1. The van der Waals surface area contributed by atoms with Gasteiger partial charge in [-0.1, -0.05) is 0 Å². The number of ether oxygens (including phenoxy) is 1. The van der Waals surface area contributed by atoms with Crippen LogP contribution in [0.3, 0.4) is 0 Å². The third-order valence-corrected chi connectivity index (χ3v) is 0.517. The number of nitrogens with one attached hydrogen (secondary N) is 1. The number of nitrogens with two attached hydrogens (primary N) is 1. The van der Waals surface area contributed by atoms with Crippen molar-refractivity contribution in [3.05, 3.63) is 0 Å². The fraction of sp³-hybridized carbons (Fsp3) is 0.800. The van der Waals surface area contributed by atoms with Gasteiger partial charge in [0.05, 0.1) is 0 Å². The molecule has 0 aliphatic carbocycles. The first-order valence-electron chi connectivity index (χ1n) is 2.85. The molecule has 0 aliphatic heterocycles. The molecular weight excluding hydrogens is 148 g/mol. The van der Waals surface area contributed by atoms with Crippen LogP contribution in [0.15, 0.2) is 0 Å². The predicted molar refractivity (Wildman–Crippen MR) is 37.0 cm³/mol. The number of carbonyl (C=O) groups is 1. The molecule has 0 aromatic heterocycles. The molecule has 0 atom stereocenters. The lowest BCUT2D eigenvalue weighted by molar-refractivity contribution is 0.0527. The molecule has 64 valence electrons. The molecule has 0 aromatic carbocycles. The number of amides is 1. The van der Waals surface area contributed by atoms with E-state index in [1.54, 1.807) is 20.8 Å². The smallest absolute Gasteiger partial charge is 0.421 e. The van der Waals surface area contributed by atoms with Gasteiger partial charge in [-0.25, -0.2) is 10.6 Å². The SMILES string of the molecule is CC(C)(C)OC(=O)NN.N#N. The molecule has 0 aromatic rings. The summed E-state index contributed by atoms with van der Waals surface area (Å²) in [4.78, 5) is 10.4. The highest BCUT2D eigenvalue weighted by molar-refractivity contribution is 5.66. The number of rotatable bonds is 0. The van der Waals surface area contributed by atoms with Crippen LogP contribution >= 0.6 is 0 Å². The Morgan fingerprint density at radius 1 is 1.45 bits per heavy atom. The Kier molecular flexibility index (Phi) is 6.10. The van der Waals surface area contributed by atoms with Crippen LogP contribution < -0.4 is 11.3 Å². The second kappa shape index (κ2) is 5.44. The van der Waals surface area contributed by atoms with Crippen molar-refractivity contribution in [2.24, 2.45) is 5.84 Å². The highest BCUT2D eigenvalue weighted by atomic mass is 16.6. The molecule has 0 saturated carbocycles. The average Bonchev–Trinajstić information content (AvgIpc) is 1.89. The summed E-state index contributed by atoms with van der Waals surface area (Å²) in [6.45, 7) is 5.30. The predicted octanol–water partition coefficient (Wildman–Crippen LogP) is 0.415. The second-order valence-corrected chi connectivity index (χ2v) is 2.65. The molecule has 0 rings (SSSR count). The number of hydrogen-bond acceptors (Lipinski definition) is 5. The monoisotopic (exact) mass is 160 g/mol. The largest absolute Gasteiger partial charge is 0.443 e. The summed E-state index contributed by atoms with van der Waals surface area (Å²) >= 11 is 0. The standard InChI is InChI=1S/C5H12N2O2.N2/c1-5(2,3)9-4(8)7-6;1-2/h6H2,1-3H3,(H,7,8);. The third-order valence-electron chi connectivity index (χ3n) is 0.517. The zero-order chi connectivity index (χ0) is 9.49. The van der Waals surface area contributed by atoms with Crippen LogP contribution in [0, 0.1) is 10.8 Å². The van der Waals surface area contributed by atoms with E-state index >= 15 is 0 Å². The fourth-order valence-electron chi connectivity index (χ4n) is 0.308. The van der Waals surface area contributed by atoms with Gasteiger partial charge in [0.15, 0.2) is 0 Å². The van der Waals surface area contributed by atoms with Gasteiger partial charge < -0.3 is 4.74 Å². The van der Waals surface area contributed by atoms with E-state index in [9.17, 15) is 4.79 Å². The second-order valence-electron chi connectivity index (χ2n) is 2.65. The van der Waals surface area contributed by atoms with Crippen LogP contribution in [0.2, 0.25) is 0 Å². The van der Waals surface area contributed by atoms with E-state index in [4.69, 9.17) is 21.4 Å². The van der Waals surface area contributed by atoms with Gasteiger partial charge >= 0.3 is 6.09 Å². The molecular formula is C5H12N4O2. The molecule has 0 aliphatic rings. The summed E-state index contributed by atoms with van der Waals surface area (Å²) in [7, 11) is 0. The van der Waals surface area contributed by atoms with E-state index in [2.05, 4.69) is 0 Å². The first kappa shape index (κ1) is 12.3. The summed E-state index contributed by atoms with van der Waals surface area (Å²) < 4.78 is 4.71. The molecule has 0 heterocycles. The van der Waals surface area contributed by atoms with E-state index in [-0.39, 0.29) is 0 Å². The summed E-state index contributed by atoms with van der Waals surface area (Å²) in [5, 5.41) is 12.0. The highest BCUT2D eigenvalue weighted by Crippen LogP contribution is 2.05. The molecule has 1 amide bonds. The van der Waals surface area contributed by atoms with Crippen molar-refractivity contribution in [2.75, 3.05) is 0 Å². The molecule has 11 heavy (non-hydrogen) atoms. The van der Waals surface area contributed by atoms with Crippen molar-refractivity contribution < 1.29 is 9.53 Å². The Morgan fingerprint density at radius 3 is 1.91 bits per heavy atom. The molecule has 0 fully saturated rings. The van der Waals surface area contributed by atoms with Gasteiger partial charge in [0, 0.05) is 10.8 Å². The van der Waals surface area contributed by atoms with Gasteiger partial charge in [-0.2, -0.15) is 0 Å². The molecule has 0 bridgehead atoms. The zero-order valence-electron chi connectivity index (χ0n) is 6.79. The van der Waals surface area contributed by atoms with Gasteiger partial charge in [-0.15, -0.1) is 0 Å². The van der Waals surface area contributed by atoms with E-state index < -0.39 is 11.7 Å². The minimum atomic E-state index is -0.609. The highest BCUT2D eigenvalue weighted by Gasteiger charge is 2.14. The summed E-state index contributed by atoms with van der Waals surface area (Å²) in [6, 6.07) is 0. The molecule has 0 unspecified atom stereocenters. The van der Waals surface area contributed by atoms with Crippen molar-refractivity contribution in [1.29, 1.82) is 10.8 Å². The van der Waals surface area contributed by atoms with Crippen molar-refractivity contribution >= 4 is 6.09 Å². The minimum absolute atomic E-state index is 0.469. The average molecular weight is 160 g/mol. The maximum Gasteiger partial charge on any atom is 0.421 e. The number of hydrogen-bond donors (Lipinski definition) is 2.